The fourth-order valence-electron chi connectivity index (χ4n) is 3.06. The predicted octanol–water partition coefficient (Wildman–Crippen LogP) is 1.33. The monoisotopic (exact) mass is 421 g/mol. The zero-order valence-electron chi connectivity index (χ0n) is 15.2. The summed E-state index contributed by atoms with van der Waals surface area (Å²) in [5, 5.41) is 7.76. The molecule has 0 saturated heterocycles. The van der Waals surface area contributed by atoms with Gasteiger partial charge in [0.05, 0.1) is 17.7 Å². The van der Waals surface area contributed by atoms with Gasteiger partial charge in [-0.15, -0.1) is 11.3 Å². The molecule has 1 aromatic carbocycles. The Morgan fingerprint density at radius 1 is 1.11 bits per heavy atom. The second-order valence-corrected chi connectivity index (χ2v) is 9.65. The Labute approximate surface area is 166 Å². The smallest absolute Gasteiger partial charge is 0.262 e. The number of sulfonamides is 1. The number of carbonyl (C=O) groups is 3. The van der Waals surface area contributed by atoms with Gasteiger partial charge in [-0.1, -0.05) is 26.0 Å². The van der Waals surface area contributed by atoms with Crippen LogP contribution in [-0.4, -0.2) is 37.1 Å². The molecule has 1 atom stereocenters. The number of fused-ring (bicyclic) bond motifs is 1. The van der Waals surface area contributed by atoms with Crippen LogP contribution in [0.5, 0.6) is 0 Å². The number of rotatable bonds is 6. The van der Waals surface area contributed by atoms with E-state index in [-0.39, 0.29) is 27.8 Å². The van der Waals surface area contributed by atoms with Crippen molar-refractivity contribution in [3.8, 4) is 0 Å². The van der Waals surface area contributed by atoms with Gasteiger partial charge in [0, 0.05) is 4.88 Å². The van der Waals surface area contributed by atoms with Gasteiger partial charge in [0.1, 0.15) is 10.3 Å². The first kappa shape index (κ1) is 20.2. The summed E-state index contributed by atoms with van der Waals surface area (Å²) in [7, 11) is -3.80. The molecule has 28 heavy (non-hydrogen) atoms. The first-order chi connectivity index (χ1) is 13.1. The maximum atomic E-state index is 12.8. The summed E-state index contributed by atoms with van der Waals surface area (Å²) >= 11 is 0.950. The predicted molar refractivity (Wildman–Crippen MR) is 103 cm³/mol. The largest absolute Gasteiger partial charge is 0.349 e. The van der Waals surface area contributed by atoms with E-state index in [0.29, 0.717) is 4.88 Å². The Kier molecular flexibility index (Phi) is 5.37. The van der Waals surface area contributed by atoms with Gasteiger partial charge in [-0.25, -0.2) is 13.6 Å². The molecule has 2 heterocycles. The van der Waals surface area contributed by atoms with E-state index in [1.54, 1.807) is 44.2 Å². The lowest BCUT2D eigenvalue weighted by Gasteiger charge is -2.28. The van der Waals surface area contributed by atoms with Crippen molar-refractivity contribution >= 4 is 39.1 Å². The number of thiophene rings is 1. The van der Waals surface area contributed by atoms with Crippen LogP contribution in [0, 0.1) is 5.92 Å². The summed E-state index contributed by atoms with van der Waals surface area (Å²) in [6.45, 7) is 3.56. The molecule has 8 nitrogen and oxygen atoms in total. The van der Waals surface area contributed by atoms with Crippen LogP contribution in [0.4, 0.5) is 0 Å². The van der Waals surface area contributed by atoms with E-state index in [2.05, 4.69) is 5.32 Å². The number of benzene rings is 1. The van der Waals surface area contributed by atoms with Gasteiger partial charge in [0.25, 0.3) is 11.8 Å². The Balaban J connectivity index is 1.78. The summed E-state index contributed by atoms with van der Waals surface area (Å²) in [5.74, 6) is -1.80. The van der Waals surface area contributed by atoms with Crippen molar-refractivity contribution in [2.24, 2.45) is 11.1 Å². The Morgan fingerprint density at radius 2 is 1.68 bits per heavy atom. The number of nitrogens with zero attached hydrogens (tertiary/aromatic N) is 1. The molecule has 3 rings (SSSR count). The summed E-state index contributed by atoms with van der Waals surface area (Å²) in [6.07, 6.45) is 0. The summed E-state index contributed by atoms with van der Waals surface area (Å²) in [5.41, 5.74) is 0.559. The average Bonchev–Trinajstić information content (AvgIpc) is 3.20. The second-order valence-electron chi connectivity index (χ2n) is 6.70. The quantitative estimate of drug-likeness (QED) is 0.681. The molecule has 3 N–H and O–H groups in total. The minimum Gasteiger partial charge on any atom is -0.349 e. The maximum Gasteiger partial charge on any atom is 0.262 e. The number of carbonyl (C=O) groups excluding carboxylic acids is 3. The fourth-order valence-corrected chi connectivity index (χ4v) is 4.78. The highest BCUT2D eigenvalue weighted by atomic mass is 32.2. The standard InChI is InChI=1S/C18H19N3O5S2/c1-10(2)15(21-17(23)12-5-3-4-6-13(12)18(21)24)16(22)20-9-11-7-8-14(27-11)28(19,25)26/h3-8,10,15H,9H2,1-2H3,(H,20,22)(H2,19,25,26). The van der Waals surface area contributed by atoms with E-state index in [1.807, 2.05) is 0 Å². The molecule has 1 aliphatic heterocycles. The normalized spacial score (nSPS) is 15.1. The third-order valence-electron chi connectivity index (χ3n) is 4.36. The second kappa shape index (κ2) is 7.46. The molecule has 1 unspecified atom stereocenters. The van der Waals surface area contributed by atoms with Crippen molar-refractivity contribution in [3.05, 3.63) is 52.4 Å². The SMILES string of the molecule is CC(C)C(C(=O)NCc1ccc(S(N)(=O)=O)s1)N1C(=O)c2ccccc2C1=O. The summed E-state index contributed by atoms with van der Waals surface area (Å²) < 4.78 is 22.7. The lowest BCUT2D eigenvalue weighted by molar-refractivity contribution is -0.126. The van der Waals surface area contributed by atoms with Gasteiger partial charge < -0.3 is 5.32 Å². The third-order valence-corrected chi connectivity index (χ3v) is 6.88. The number of imide groups is 1. The van der Waals surface area contributed by atoms with Crippen molar-refractivity contribution in [1.29, 1.82) is 0 Å². The molecule has 1 aromatic heterocycles. The van der Waals surface area contributed by atoms with Gasteiger partial charge >= 0.3 is 0 Å². The van der Waals surface area contributed by atoms with Crippen molar-refractivity contribution in [1.82, 2.24) is 10.2 Å². The molecule has 0 fully saturated rings. The number of amides is 3. The Bertz CT molecular complexity index is 1020. The van der Waals surface area contributed by atoms with E-state index >= 15 is 0 Å². The summed E-state index contributed by atoms with van der Waals surface area (Å²) in [6, 6.07) is 8.39. The zero-order valence-corrected chi connectivity index (χ0v) is 16.8. The van der Waals surface area contributed by atoms with Crippen LogP contribution in [0.15, 0.2) is 40.6 Å². The number of primary sulfonamides is 1. The molecule has 3 amide bonds. The van der Waals surface area contributed by atoms with Crippen molar-refractivity contribution in [3.63, 3.8) is 0 Å². The number of nitrogens with one attached hydrogen (secondary N) is 1. The molecule has 10 heteroatoms. The molecule has 148 valence electrons. The molecule has 0 bridgehead atoms. The van der Waals surface area contributed by atoms with Crippen LogP contribution < -0.4 is 10.5 Å². The van der Waals surface area contributed by atoms with Crippen LogP contribution in [0.2, 0.25) is 0 Å². The molecule has 0 spiro atoms. The van der Waals surface area contributed by atoms with E-state index in [0.717, 1.165) is 16.2 Å². The van der Waals surface area contributed by atoms with Crippen LogP contribution in [0.1, 0.15) is 39.4 Å². The maximum absolute atomic E-state index is 12.8. The number of hydrogen-bond acceptors (Lipinski definition) is 6. The minimum absolute atomic E-state index is 0.00231. The highest BCUT2D eigenvalue weighted by molar-refractivity contribution is 7.91. The van der Waals surface area contributed by atoms with Gasteiger partial charge in [-0.05, 0) is 30.2 Å². The Hall–Kier alpha value is -2.56. The molecule has 1 aliphatic rings. The van der Waals surface area contributed by atoms with Crippen LogP contribution in [-0.2, 0) is 21.4 Å². The highest BCUT2D eigenvalue weighted by Gasteiger charge is 2.43. The number of hydrogen-bond donors (Lipinski definition) is 2. The molecule has 0 saturated carbocycles. The minimum atomic E-state index is -3.80. The molecule has 0 aliphatic carbocycles. The molecular formula is C18H19N3O5S2. The average molecular weight is 422 g/mol. The van der Waals surface area contributed by atoms with Gasteiger partial charge in [0.15, 0.2) is 0 Å². The van der Waals surface area contributed by atoms with Crippen LogP contribution in [0.3, 0.4) is 0 Å². The number of nitrogens with two attached hydrogens (primary N) is 1. The molecule has 0 radical (unpaired) electrons. The van der Waals surface area contributed by atoms with E-state index in [1.165, 1.54) is 6.07 Å². The first-order valence-electron chi connectivity index (χ1n) is 8.47. The van der Waals surface area contributed by atoms with E-state index in [4.69, 9.17) is 5.14 Å². The van der Waals surface area contributed by atoms with Gasteiger partial charge in [0.2, 0.25) is 15.9 Å². The third kappa shape index (κ3) is 3.71. The fraction of sp³-hybridized carbons (Fsp3) is 0.278. The van der Waals surface area contributed by atoms with Crippen molar-refractivity contribution in [2.75, 3.05) is 0 Å². The van der Waals surface area contributed by atoms with Gasteiger partial charge in [-0.3, -0.25) is 19.3 Å². The summed E-state index contributed by atoms with van der Waals surface area (Å²) in [4.78, 5) is 39.8. The Morgan fingerprint density at radius 3 is 2.14 bits per heavy atom. The highest BCUT2D eigenvalue weighted by Crippen LogP contribution is 2.27. The lowest BCUT2D eigenvalue weighted by Crippen LogP contribution is -2.52. The van der Waals surface area contributed by atoms with Crippen molar-refractivity contribution < 1.29 is 22.8 Å². The lowest BCUT2D eigenvalue weighted by atomic mass is 10.0. The van der Waals surface area contributed by atoms with E-state index < -0.39 is 33.8 Å². The van der Waals surface area contributed by atoms with E-state index in [9.17, 15) is 22.8 Å². The van der Waals surface area contributed by atoms with Crippen molar-refractivity contribution in [2.45, 2.75) is 30.6 Å². The molecule has 2 aromatic rings. The zero-order chi connectivity index (χ0) is 20.6. The van der Waals surface area contributed by atoms with Gasteiger partial charge in [-0.2, -0.15) is 0 Å². The molecular weight excluding hydrogens is 402 g/mol. The van der Waals surface area contributed by atoms with Crippen LogP contribution in [0.25, 0.3) is 0 Å². The topological polar surface area (TPSA) is 127 Å². The first-order valence-corrected chi connectivity index (χ1v) is 10.8. The van der Waals surface area contributed by atoms with Crippen LogP contribution >= 0.6 is 11.3 Å².